The normalized spacial score (nSPS) is 10.3. The van der Waals surface area contributed by atoms with Crippen molar-refractivity contribution in [1.82, 2.24) is 10.2 Å². The van der Waals surface area contributed by atoms with Gasteiger partial charge in [0.2, 0.25) is 0 Å². The molecule has 0 atom stereocenters. The molecule has 0 radical (unpaired) electrons. The summed E-state index contributed by atoms with van der Waals surface area (Å²) < 4.78 is 10.5. The van der Waals surface area contributed by atoms with E-state index in [1.54, 1.807) is 31.4 Å². The van der Waals surface area contributed by atoms with Gasteiger partial charge in [0.1, 0.15) is 11.5 Å². The van der Waals surface area contributed by atoms with Crippen LogP contribution >= 0.6 is 0 Å². The number of aromatic nitrogens is 2. The van der Waals surface area contributed by atoms with E-state index in [9.17, 15) is 4.79 Å². The van der Waals surface area contributed by atoms with Crippen molar-refractivity contribution in [3.63, 3.8) is 0 Å². The highest BCUT2D eigenvalue weighted by molar-refractivity contribution is 6.11. The SMILES string of the molecule is CCc1nnc(C)cc1C(=O)c1cc(OC)ccc1OC. The van der Waals surface area contributed by atoms with Crippen molar-refractivity contribution in [1.29, 1.82) is 0 Å². The first-order valence-electron chi connectivity index (χ1n) is 6.70. The Morgan fingerprint density at radius 3 is 2.48 bits per heavy atom. The second kappa shape index (κ2) is 6.35. The van der Waals surface area contributed by atoms with Crippen LogP contribution in [0.25, 0.3) is 0 Å². The van der Waals surface area contributed by atoms with Crippen LogP contribution in [-0.2, 0) is 6.42 Å². The third kappa shape index (κ3) is 3.02. The van der Waals surface area contributed by atoms with E-state index in [4.69, 9.17) is 9.47 Å². The molecule has 0 aliphatic carbocycles. The van der Waals surface area contributed by atoms with E-state index in [1.807, 2.05) is 13.8 Å². The summed E-state index contributed by atoms with van der Waals surface area (Å²) in [4.78, 5) is 12.8. The lowest BCUT2D eigenvalue weighted by Crippen LogP contribution is -2.10. The molecule has 0 spiro atoms. The lowest BCUT2D eigenvalue weighted by molar-refractivity contribution is 0.103. The van der Waals surface area contributed by atoms with Crippen molar-refractivity contribution >= 4 is 5.78 Å². The Morgan fingerprint density at radius 2 is 1.86 bits per heavy atom. The van der Waals surface area contributed by atoms with E-state index in [2.05, 4.69) is 10.2 Å². The van der Waals surface area contributed by atoms with Gasteiger partial charge in [0.05, 0.1) is 31.2 Å². The average molecular weight is 286 g/mol. The molecule has 0 bridgehead atoms. The summed E-state index contributed by atoms with van der Waals surface area (Å²) in [7, 11) is 3.10. The van der Waals surface area contributed by atoms with Crippen LogP contribution in [0.2, 0.25) is 0 Å². The van der Waals surface area contributed by atoms with Crippen LogP contribution in [0.4, 0.5) is 0 Å². The molecule has 0 amide bonds. The molecular formula is C16H18N2O3. The minimum Gasteiger partial charge on any atom is -0.497 e. The Bertz CT molecular complexity index is 669. The molecule has 2 rings (SSSR count). The number of carbonyl (C=O) groups excluding carboxylic acids is 1. The minimum atomic E-state index is -0.138. The zero-order valence-electron chi connectivity index (χ0n) is 12.6. The van der Waals surface area contributed by atoms with E-state index in [1.165, 1.54) is 7.11 Å². The second-order valence-corrected chi connectivity index (χ2v) is 4.59. The molecule has 0 fully saturated rings. The van der Waals surface area contributed by atoms with Crippen molar-refractivity contribution in [3.05, 3.63) is 46.8 Å². The highest BCUT2D eigenvalue weighted by Crippen LogP contribution is 2.27. The molecule has 0 saturated heterocycles. The largest absolute Gasteiger partial charge is 0.497 e. The van der Waals surface area contributed by atoms with Gasteiger partial charge in [-0.25, -0.2) is 0 Å². The first-order valence-corrected chi connectivity index (χ1v) is 6.70. The summed E-state index contributed by atoms with van der Waals surface area (Å²) in [5.41, 5.74) is 2.39. The molecule has 21 heavy (non-hydrogen) atoms. The minimum absolute atomic E-state index is 0.138. The summed E-state index contributed by atoms with van der Waals surface area (Å²) in [5.74, 6) is 0.980. The third-order valence-electron chi connectivity index (χ3n) is 3.22. The van der Waals surface area contributed by atoms with E-state index >= 15 is 0 Å². The fourth-order valence-electron chi connectivity index (χ4n) is 2.11. The summed E-state index contributed by atoms with van der Waals surface area (Å²) in [5, 5.41) is 8.10. The van der Waals surface area contributed by atoms with E-state index in [0.29, 0.717) is 40.4 Å². The molecule has 0 saturated carbocycles. The predicted octanol–water partition coefficient (Wildman–Crippen LogP) is 2.60. The molecule has 0 aliphatic heterocycles. The highest BCUT2D eigenvalue weighted by atomic mass is 16.5. The Morgan fingerprint density at radius 1 is 1.10 bits per heavy atom. The second-order valence-electron chi connectivity index (χ2n) is 4.59. The average Bonchev–Trinajstić information content (AvgIpc) is 2.53. The van der Waals surface area contributed by atoms with Crippen LogP contribution in [0, 0.1) is 6.92 Å². The van der Waals surface area contributed by atoms with E-state index in [-0.39, 0.29) is 5.78 Å². The van der Waals surface area contributed by atoms with Crippen LogP contribution in [-0.4, -0.2) is 30.2 Å². The fourth-order valence-corrected chi connectivity index (χ4v) is 2.11. The van der Waals surface area contributed by atoms with Gasteiger partial charge in [-0.1, -0.05) is 6.92 Å². The number of ketones is 1. The van der Waals surface area contributed by atoms with Gasteiger partial charge < -0.3 is 9.47 Å². The summed E-state index contributed by atoms with van der Waals surface area (Å²) in [6.07, 6.45) is 0.640. The van der Waals surface area contributed by atoms with Crippen LogP contribution in [0.5, 0.6) is 11.5 Å². The van der Waals surface area contributed by atoms with Gasteiger partial charge in [-0.3, -0.25) is 4.79 Å². The number of hydrogen-bond acceptors (Lipinski definition) is 5. The Kier molecular flexibility index (Phi) is 4.52. The maximum Gasteiger partial charge on any atom is 0.198 e. The molecular weight excluding hydrogens is 268 g/mol. The number of nitrogens with zero attached hydrogens (tertiary/aromatic N) is 2. The summed E-state index contributed by atoms with van der Waals surface area (Å²) in [6, 6.07) is 6.91. The number of benzene rings is 1. The molecule has 110 valence electrons. The Labute approximate surface area is 123 Å². The van der Waals surface area contributed by atoms with E-state index in [0.717, 1.165) is 0 Å². The number of carbonyl (C=O) groups is 1. The van der Waals surface area contributed by atoms with Crippen molar-refractivity contribution in [2.45, 2.75) is 20.3 Å². The van der Waals surface area contributed by atoms with Gasteiger partial charge in [-0.2, -0.15) is 10.2 Å². The predicted molar refractivity (Wildman–Crippen MR) is 79.1 cm³/mol. The van der Waals surface area contributed by atoms with Crippen LogP contribution < -0.4 is 9.47 Å². The van der Waals surface area contributed by atoms with Gasteiger partial charge in [0.25, 0.3) is 0 Å². The number of methoxy groups -OCH3 is 2. The zero-order chi connectivity index (χ0) is 15.4. The summed E-state index contributed by atoms with van der Waals surface area (Å²) in [6.45, 7) is 3.75. The molecule has 5 nitrogen and oxygen atoms in total. The van der Waals surface area contributed by atoms with Crippen LogP contribution in [0.3, 0.4) is 0 Å². The number of rotatable bonds is 5. The first kappa shape index (κ1) is 15.0. The molecule has 0 unspecified atom stereocenters. The molecule has 2 aromatic rings. The van der Waals surface area contributed by atoms with Crippen molar-refractivity contribution in [2.24, 2.45) is 0 Å². The monoisotopic (exact) mass is 286 g/mol. The zero-order valence-corrected chi connectivity index (χ0v) is 12.6. The molecule has 1 aromatic carbocycles. The lowest BCUT2D eigenvalue weighted by Gasteiger charge is -2.11. The summed E-state index contributed by atoms with van der Waals surface area (Å²) >= 11 is 0. The lowest BCUT2D eigenvalue weighted by atomic mass is 9.99. The van der Waals surface area contributed by atoms with Crippen molar-refractivity contribution in [2.75, 3.05) is 14.2 Å². The van der Waals surface area contributed by atoms with Gasteiger partial charge >= 0.3 is 0 Å². The maximum absolute atomic E-state index is 12.8. The maximum atomic E-state index is 12.8. The van der Waals surface area contributed by atoms with Gasteiger partial charge in [-0.05, 0) is 37.6 Å². The van der Waals surface area contributed by atoms with Gasteiger partial charge in [-0.15, -0.1) is 0 Å². The standard InChI is InChI=1S/C16H18N2O3/c1-5-14-12(8-10(2)17-18-14)16(19)13-9-11(20-3)6-7-15(13)21-4/h6-9H,5H2,1-4H3. The number of hydrogen-bond donors (Lipinski definition) is 0. The molecule has 0 aliphatic rings. The molecule has 1 aromatic heterocycles. The fraction of sp³-hybridized carbons (Fsp3) is 0.312. The first-order chi connectivity index (χ1) is 10.1. The van der Waals surface area contributed by atoms with Crippen LogP contribution in [0.15, 0.2) is 24.3 Å². The number of aryl methyl sites for hydroxylation is 2. The van der Waals surface area contributed by atoms with E-state index < -0.39 is 0 Å². The third-order valence-corrected chi connectivity index (χ3v) is 3.22. The van der Waals surface area contributed by atoms with Crippen molar-refractivity contribution < 1.29 is 14.3 Å². The Balaban J connectivity index is 2.56. The van der Waals surface area contributed by atoms with Crippen molar-refractivity contribution in [3.8, 4) is 11.5 Å². The highest BCUT2D eigenvalue weighted by Gasteiger charge is 2.19. The topological polar surface area (TPSA) is 61.3 Å². The molecule has 1 heterocycles. The number of ether oxygens (including phenoxy) is 2. The van der Waals surface area contributed by atoms with Crippen LogP contribution in [0.1, 0.15) is 34.2 Å². The Hall–Kier alpha value is -2.43. The molecule has 5 heteroatoms. The van der Waals surface area contributed by atoms with Gasteiger partial charge in [0, 0.05) is 5.56 Å². The smallest absolute Gasteiger partial charge is 0.198 e. The van der Waals surface area contributed by atoms with Gasteiger partial charge in [0.15, 0.2) is 5.78 Å². The molecule has 0 N–H and O–H groups in total. The quantitative estimate of drug-likeness (QED) is 0.791.